The van der Waals surface area contributed by atoms with E-state index < -0.39 is 0 Å². The van der Waals surface area contributed by atoms with Gasteiger partial charge >= 0.3 is 0 Å². The molecule has 4 rings (SSSR count). The van der Waals surface area contributed by atoms with Gasteiger partial charge in [-0.15, -0.1) is 0 Å². The summed E-state index contributed by atoms with van der Waals surface area (Å²) < 4.78 is 0. The predicted molar refractivity (Wildman–Crippen MR) is 97.2 cm³/mol. The third-order valence-corrected chi connectivity index (χ3v) is 4.89. The highest BCUT2D eigenvalue weighted by Crippen LogP contribution is 2.34. The zero-order chi connectivity index (χ0) is 17.2. The number of H-pyrrole nitrogens is 2. The van der Waals surface area contributed by atoms with Crippen molar-refractivity contribution in [3.8, 4) is 11.1 Å². The molecule has 130 valence electrons. The third-order valence-electron chi connectivity index (χ3n) is 4.89. The summed E-state index contributed by atoms with van der Waals surface area (Å²) in [6.07, 6.45) is 9.95. The van der Waals surface area contributed by atoms with Gasteiger partial charge in [0, 0.05) is 60.7 Å². The molecular formula is C18H22N6O. The molecule has 7 heteroatoms. The molecular weight excluding hydrogens is 316 g/mol. The second-order valence-corrected chi connectivity index (χ2v) is 6.43. The SMILES string of the molecule is CCC(=O)N1CCC(Nc2c(-c3cn[nH]c3)cnc3[nH]ccc23)CC1. The molecule has 1 aliphatic rings. The maximum atomic E-state index is 11.9. The molecule has 0 aliphatic carbocycles. The second kappa shape index (κ2) is 6.58. The first kappa shape index (κ1) is 15.7. The monoisotopic (exact) mass is 338 g/mol. The van der Waals surface area contributed by atoms with E-state index in [4.69, 9.17) is 0 Å². The first-order valence-corrected chi connectivity index (χ1v) is 8.76. The topological polar surface area (TPSA) is 89.7 Å². The molecule has 7 nitrogen and oxygen atoms in total. The number of hydrogen-bond donors (Lipinski definition) is 3. The zero-order valence-corrected chi connectivity index (χ0v) is 14.2. The lowest BCUT2D eigenvalue weighted by molar-refractivity contribution is -0.131. The molecule has 0 spiro atoms. The van der Waals surface area contributed by atoms with E-state index in [-0.39, 0.29) is 5.91 Å². The molecule has 0 saturated carbocycles. The molecule has 1 saturated heterocycles. The van der Waals surface area contributed by atoms with Gasteiger partial charge in [-0.05, 0) is 18.9 Å². The van der Waals surface area contributed by atoms with Gasteiger partial charge in [-0.3, -0.25) is 9.89 Å². The summed E-state index contributed by atoms with van der Waals surface area (Å²) in [6, 6.07) is 2.39. The van der Waals surface area contributed by atoms with Crippen molar-refractivity contribution >= 4 is 22.6 Å². The number of amides is 1. The molecule has 0 atom stereocenters. The largest absolute Gasteiger partial charge is 0.381 e. The Hall–Kier alpha value is -2.83. The summed E-state index contributed by atoms with van der Waals surface area (Å²) in [4.78, 5) is 21.5. The second-order valence-electron chi connectivity index (χ2n) is 6.43. The quantitative estimate of drug-likeness (QED) is 0.682. The van der Waals surface area contributed by atoms with Crippen LogP contribution in [0.3, 0.4) is 0 Å². The Morgan fingerprint density at radius 3 is 2.92 bits per heavy atom. The average molecular weight is 338 g/mol. The van der Waals surface area contributed by atoms with Crippen LogP contribution in [0.15, 0.2) is 30.9 Å². The normalized spacial score (nSPS) is 15.6. The summed E-state index contributed by atoms with van der Waals surface area (Å²) >= 11 is 0. The summed E-state index contributed by atoms with van der Waals surface area (Å²) in [5.41, 5.74) is 3.99. The Bertz CT molecular complexity index is 861. The van der Waals surface area contributed by atoms with E-state index >= 15 is 0 Å². The van der Waals surface area contributed by atoms with Crippen molar-refractivity contribution in [2.45, 2.75) is 32.2 Å². The van der Waals surface area contributed by atoms with Crippen LogP contribution in [0.5, 0.6) is 0 Å². The van der Waals surface area contributed by atoms with Crippen LogP contribution in [0.1, 0.15) is 26.2 Å². The Morgan fingerprint density at radius 2 is 2.20 bits per heavy atom. The first-order chi connectivity index (χ1) is 12.3. The van der Waals surface area contributed by atoms with Crippen LogP contribution < -0.4 is 5.32 Å². The lowest BCUT2D eigenvalue weighted by Crippen LogP contribution is -2.42. The highest BCUT2D eigenvalue weighted by Gasteiger charge is 2.23. The van der Waals surface area contributed by atoms with E-state index in [1.807, 2.05) is 42.7 Å². The first-order valence-electron chi connectivity index (χ1n) is 8.76. The van der Waals surface area contributed by atoms with Crippen molar-refractivity contribution in [1.29, 1.82) is 0 Å². The molecule has 3 aromatic heterocycles. The van der Waals surface area contributed by atoms with Crippen LogP contribution in [-0.2, 0) is 4.79 Å². The van der Waals surface area contributed by atoms with E-state index in [1.54, 1.807) is 0 Å². The predicted octanol–water partition coefficient (Wildman–Crippen LogP) is 2.77. The molecule has 0 unspecified atom stereocenters. The maximum absolute atomic E-state index is 11.9. The van der Waals surface area contributed by atoms with E-state index in [2.05, 4.69) is 25.5 Å². The van der Waals surface area contributed by atoms with E-state index in [1.165, 1.54) is 0 Å². The van der Waals surface area contributed by atoms with Gasteiger partial charge in [0.1, 0.15) is 5.65 Å². The molecule has 4 heterocycles. The molecule has 1 aliphatic heterocycles. The third kappa shape index (κ3) is 2.97. The van der Waals surface area contributed by atoms with Crippen molar-refractivity contribution in [2.24, 2.45) is 0 Å². The standard InChI is InChI=1S/C18H22N6O/c1-2-16(25)24-7-4-13(5-8-24)23-17-14-3-6-19-18(14)20-11-15(17)12-9-21-22-10-12/h3,6,9-11,13H,2,4-5,7-8H2,1H3,(H,21,22)(H2,19,20,23). The van der Waals surface area contributed by atoms with Crippen LogP contribution in [0, 0.1) is 0 Å². The number of aromatic amines is 2. The van der Waals surface area contributed by atoms with Crippen LogP contribution >= 0.6 is 0 Å². The number of rotatable bonds is 4. The molecule has 1 amide bonds. The molecule has 0 radical (unpaired) electrons. The molecule has 0 bridgehead atoms. The number of anilines is 1. The van der Waals surface area contributed by atoms with Gasteiger partial charge in [0.15, 0.2) is 0 Å². The summed E-state index contributed by atoms with van der Waals surface area (Å²) in [5, 5.41) is 11.7. The van der Waals surface area contributed by atoms with Crippen molar-refractivity contribution in [3.05, 3.63) is 30.9 Å². The van der Waals surface area contributed by atoms with Gasteiger partial charge in [0.05, 0.1) is 11.9 Å². The van der Waals surface area contributed by atoms with Gasteiger partial charge in [-0.2, -0.15) is 5.10 Å². The Labute approximate surface area is 145 Å². The molecule has 25 heavy (non-hydrogen) atoms. The number of carbonyl (C=O) groups excluding carboxylic acids is 1. The highest BCUT2D eigenvalue weighted by molar-refractivity contribution is 5.98. The number of pyridine rings is 1. The molecule has 3 aromatic rings. The Balaban J connectivity index is 1.60. The lowest BCUT2D eigenvalue weighted by atomic mass is 10.0. The van der Waals surface area contributed by atoms with Crippen molar-refractivity contribution < 1.29 is 4.79 Å². The van der Waals surface area contributed by atoms with Gasteiger partial charge in [0.25, 0.3) is 0 Å². The summed E-state index contributed by atoms with van der Waals surface area (Å²) in [5.74, 6) is 0.245. The summed E-state index contributed by atoms with van der Waals surface area (Å²) in [7, 11) is 0. The molecule has 3 N–H and O–H groups in total. The van der Waals surface area contributed by atoms with Gasteiger partial charge in [0.2, 0.25) is 5.91 Å². The van der Waals surface area contributed by atoms with E-state index in [9.17, 15) is 4.79 Å². The maximum Gasteiger partial charge on any atom is 0.222 e. The Kier molecular flexibility index (Phi) is 4.13. The fourth-order valence-corrected chi connectivity index (χ4v) is 3.48. The molecule has 0 aromatic carbocycles. The minimum atomic E-state index is 0.245. The van der Waals surface area contributed by atoms with Crippen LogP contribution in [-0.4, -0.2) is 50.1 Å². The smallest absolute Gasteiger partial charge is 0.222 e. The van der Waals surface area contributed by atoms with Gasteiger partial charge in [-0.25, -0.2) is 4.98 Å². The average Bonchev–Trinajstić information content (AvgIpc) is 3.33. The van der Waals surface area contributed by atoms with Crippen molar-refractivity contribution in [1.82, 2.24) is 25.1 Å². The van der Waals surface area contributed by atoms with Crippen LogP contribution in [0.4, 0.5) is 5.69 Å². The minimum absolute atomic E-state index is 0.245. The van der Waals surface area contributed by atoms with E-state index in [0.29, 0.717) is 12.5 Å². The van der Waals surface area contributed by atoms with Crippen molar-refractivity contribution in [3.63, 3.8) is 0 Å². The molecule has 1 fully saturated rings. The lowest BCUT2D eigenvalue weighted by Gasteiger charge is -2.33. The number of aromatic nitrogens is 4. The zero-order valence-electron chi connectivity index (χ0n) is 14.2. The number of piperidine rings is 1. The number of nitrogens with zero attached hydrogens (tertiary/aromatic N) is 3. The number of likely N-dealkylation sites (tertiary alicyclic amines) is 1. The van der Waals surface area contributed by atoms with Crippen LogP contribution in [0.25, 0.3) is 22.2 Å². The number of hydrogen-bond acceptors (Lipinski definition) is 4. The number of fused-ring (bicyclic) bond motifs is 1. The van der Waals surface area contributed by atoms with Gasteiger partial charge < -0.3 is 15.2 Å². The van der Waals surface area contributed by atoms with Crippen LogP contribution in [0.2, 0.25) is 0 Å². The number of nitrogens with one attached hydrogen (secondary N) is 3. The van der Waals surface area contributed by atoms with Gasteiger partial charge in [-0.1, -0.05) is 6.92 Å². The Morgan fingerprint density at radius 1 is 1.36 bits per heavy atom. The fraction of sp³-hybridized carbons (Fsp3) is 0.389. The van der Waals surface area contributed by atoms with E-state index in [0.717, 1.165) is 53.8 Å². The van der Waals surface area contributed by atoms with Crippen molar-refractivity contribution in [2.75, 3.05) is 18.4 Å². The fourth-order valence-electron chi connectivity index (χ4n) is 3.48. The summed E-state index contributed by atoms with van der Waals surface area (Å²) in [6.45, 7) is 3.54. The highest BCUT2D eigenvalue weighted by atomic mass is 16.2. The number of carbonyl (C=O) groups is 1. The minimum Gasteiger partial charge on any atom is -0.381 e.